The zero-order valence-electron chi connectivity index (χ0n) is 15.3. The van der Waals surface area contributed by atoms with Gasteiger partial charge in [-0.1, -0.05) is 42.5 Å². The number of nitrogens with two attached hydrogens (primary N) is 1. The average molecular weight is 379 g/mol. The Bertz CT molecular complexity index is 916. The van der Waals surface area contributed by atoms with Crippen LogP contribution in [0.5, 0.6) is 0 Å². The van der Waals surface area contributed by atoms with E-state index in [0.717, 1.165) is 5.56 Å². The maximum atomic E-state index is 13.2. The third-order valence-electron chi connectivity index (χ3n) is 4.89. The van der Waals surface area contributed by atoms with Crippen molar-refractivity contribution in [2.24, 2.45) is 11.7 Å². The van der Waals surface area contributed by atoms with Crippen LogP contribution in [0.3, 0.4) is 0 Å². The van der Waals surface area contributed by atoms with Gasteiger partial charge >= 0.3 is 0 Å². The number of hydrogen-bond acceptors (Lipinski definition) is 4. The Labute approximate surface area is 162 Å². The van der Waals surface area contributed by atoms with Gasteiger partial charge in [0.15, 0.2) is 0 Å². The third kappa shape index (κ3) is 4.43. The second-order valence-electron chi connectivity index (χ2n) is 6.74. The quantitative estimate of drug-likeness (QED) is 0.373. The number of primary amides is 1. The molecule has 3 rings (SSSR count). The van der Waals surface area contributed by atoms with E-state index in [2.05, 4.69) is 0 Å². The van der Waals surface area contributed by atoms with Crippen LogP contribution in [0.25, 0.3) is 11.6 Å². The van der Waals surface area contributed by atoms with Crippen LogP contribution in [0, 0.1) is 16.0 Å². The Morgan fingerprint density at radius 3 is 2.36 bits per heavy atom. The van der Waals surface area contributed by atoms with E-state index in [0.29, 0.717) is 37.1 Å². The molecule has 0 aromatic heterocycles. The first-order chi connectivity index (χ1) is 13.5. The fourth-order valence-corrected chi connectivity index (χ4v) is 3.32. The molecule has 1 fully saturated rings. The van der Waals surface area contributed by atoms with E-state index in [4.69, 9.17) is 5.73 Å². The molecule has 1 heterocycles. The fourth-order valence-electron chi connectivity index (χ4n) is 3.32. The molecule has 144 valence electrons. The number of non-ortho nitro benzene ring substituents is 1. The number of carbonyl (C=O) groups excluding carboxylic acids is 2. The molecule has 0 unspecified atom stereocenters. The molecule has 7 heteroatoms. The molecule has 0 saturated carbocycles. The highest BCUT2D eigenvalue weighted by atomic mass is 16.6. The Hall–Kier alpha value is -3.48. The lowest BCUT2D eigenvalue weighted by molar-refractivity contribution is -0.384. The predicted molar refractivity (Wildman–Crippen MR) is 106 cm³/mol. The van der Waals surface area contributed by atoms with Crippen molar-refractivity contribution in [3.63, 3.8) is 0 Å². The summed E-state index contributed by atoms with van der Waals surface area (Å²) in [6.45, 7) is 0.900. The molecule has 0 bridgehead atoms. The molecule has 2 aromatic carbocycles. The summed E-state index contributed by atoms with van der Waals surface area (Å²) < 4.78 is 0. The number of benzene rings is 2. The summed E-state index contributed by atoms with van der Waals surface area (Å²) >= 11 is 0. The standard InChI is InChI=1S/C21H21N3O4/c22-20(25)17-9-11-23(12-10-17)21(26)19(16-6-2-1-3-7-16)14-15-5-4-8-18(13-15)24(27)28/h1-8,13-14,17H,9-12H2,(H2,22,25)/b19-14+. The average Bonchev–Trinajstić information content (AvgIpc) is 2.72. The third-order valence-corrected chi connectivity index (χ3v) is 4.89. The number of amides is 2. The maximum Gasteiger partial charge on any atom is 0.270 e. The van der Waals surface area contributed by atoms with Gasteiger partial charge in [-0.3, -0.25) is 19.7 Å². The lowest BCUT2D eigenvalue weighted by atomic mass is 9.94. The number of piperidine rings is 1. The van der Waals surface area contributed by atoms with Crippen LogP contribution in [0.4, 0.5) is 5.69 Å². The van der Waals surface area contributed by atoms with Gasteiger partial charge in [0, 0.05) is 36.7 Å². The molecule has 0 aliphatic carbocycles. The topological polar surface area (TPSA) is 107 Å². The number of hydrogen-bond donors (Lipinski definition) is 1. The van der Waals surface area contributed by atoms with Crippen molar-refractivity contribution < 1.29 is 14.5 Å². The molecule has 2 aromatic rings. The Morgan fingerprint density at radius 1 is 1.07 bits per heavy atom. The van der Waals surface area contributed by atoms with Crippen LogP contribution < -0.4 is 5.73 Å². The normalized spacial score (nSPS) is 15.3. The Kier molecular flexibility index (Phi) is 5.84. The monoisotopic (exact) mass is 379 g/mol. The first-order valence-corrected chi connectivity index (χ1v) is 9.06. The summed E-state index contributed by atoms with van der Waals surface area (Å²) in [6, 6.07) is 15.4. The lowest BCUT2D eigenvalue weighted by Crippen LogP contribution is -2.42. The van der Waals surface area contributed by atoms with E-state index < -0.39 is 4.92 Å². The van der Waals surface area contributed by atoms with Gasteiger partial charge < -0.3 is 10.6 Å². The molecule has 1 aliphatic rings. The van der Waals surface area contributed by atoms with Crippen molar-refractivity contribution in [2.75, 3.05) is 13.1 Å². The largest absolute Gasteiger partial charge is 0.369 e. The van der Waals surface area contributed by atoms with Crippen LogP contribution in [0.1, 0.15) is 24.0 Å². The smallest absolute Gasteiger partial charge is 0.270 e. The van der Waals surface area contributed by atoms with Gasteiger partial charge in [-0.15, -0.1) is 0 Å². The van der Waals surface area contributed by atoms with Crippen molar-refractivity contribution in [3.05, 3.63) is 75.8 Å². The molecule has 2 N–H and O–H groups in total. The predicted octanol–water partition coefficient (Wildman–Crippen LogP) is 2.86. The first-order valence-electron chi connectivity index (χ1n) is 9.06. The summed E-state index contributed by atoms with van der Waals surface area (Å²) in [4.78, 5) is 36.9. The van der Waals surface area contributed by atoms with Crippen LogP contribution in [0.2, 0.25) is 0 Å². The first kappa shape index (κ1) is 19.3. The van der Waals surface area contributed by atoms with Crippen LogP contribution in [-0.4, -0.2) is 34.7 Å². The molecule has 2 amide bonds. The van der Waals surface area contributed by atoms with Crippen molar-refractivity contribution in [1.29, 1.82) is 0 Å². The van der Waals surface area contributed by atoms with Crippen LogP contribution >= 0.6 is 0 Å². The van der Waals surface area contributed by atoms with Crippen molar-refractivity contribution in [1.82, 2.24) is 4.90 Å². The highest BCUT2D eigenvalue weighted by Crippen LogP contribution is 2.25. The fraction of sp³-hybridized carbons (Fsp3) is 0.238. The molecule has 0 spiro atoms. The number of rotatable bonds is 5. The highest BCUT2D eigenvalue weighted by molar-refractivity contribution is 6.24. The zero-order valence-corrected chi connectivity index (χ0v) is 15.3. The molecule has 28 heavy (non-hydrogen) atoms. The van der Waals surface area contributed by atoms with Gasteiger partial charge in [-0.2, -0.15) is 0 Å². The minimum atomic E-state index is -0.462. The van der Waals surface area contributed by atoms with Gasteiger partial charge in [-0.25, -0.2) is 0 Å². The highest BCUT2D eigenvalue weighted by Gasteiger charge is 2.28. The minimum absolute atomic E-state index is 0.0316. The number of likely N-dealkylation sites (tertiary alicyclic amines) is 1. The van der Waals surface area contributed by atoms with Crippen molar-refractivity contribution in [2.45, 2.75) is 12.8 Å². The summed E-state index contributed by atoms with van der Waals surface area (Å²) in [6.07, 6.45) is 2.75. The van der Waals surface area contributed by atoms with Gasteiger partial charge in [0.25, 0.3) is 11.6 Å². The SMILES string of the molecule is NC(=O)C1CCN(C(=O)/C(=C/c2cccc([N+](=O)[O-])c2)c2ccccc2)CC1. The Balaban J connectivity index is 1.92. The molecule has 1 aliphatic heterocycles. The van der Waals surface area contributed by atoms with Crippen LogP contribution in [0.15, 0.2) is 54.6 Å². The number of nitrogens with zero attached hydrogens (tertiary/aromatic N) is 2. The van der Waals surface area contributed by atoms with E-state index in [1.807, 2.05) is 30.3 Å². The molecular weight excluding hydrogens is 358 g/mol. The molecule has 1 saturated heterocycles. The van der Waals surface area contributed by atoms with Crippen LogP contribution in [-0.2, 0) is 9.59 Å². The molecular formula is C21H21N3O4. The summed E-state index contributed by atoms with van der Waals surface area (Å²) in [5, 5.41) is 11.0. The van der Waals surface area contributed by atoms with E-state index in [-0.39, 0.29) is 23.4 Å². The van der Waals surface area contributed by atoms with E-state index in [9.17, 15) is 19.7 Å². The summed E-state index contributed by atoms with van der Waals surface area (Å²) in [5.74, 6) is -0.701. The van der Waals surface area contributed by atoms with Crippen molar-refractivity contribution >= 4 is 29.2 Å². The summed E-state index contributed by atoms with van der Waals surface area (Å²) in [7, 11) is 0. The van der Waals surface area contributed by atoms with Gasteiger partial charge in [0.2, 0.25) is 5.91 Å². The van der Waals surface area contributed by atoms with E-state index >= 15 is 0 Å². The number of nitro groups is 1. The van der Waals surface area contributed by atoms with Gasteiger partial charge in [-0.05, 0) is 30.0 Å². The number of nitro benzene ring substituents is 1. The second-order valence-corrected chi connectivity index (χ2v) is 6.74. The number of carbonyl (C=O) groups is 2. The van der Waals surface area contributed by atoms with Gasteiger partial charge in [0.1, 0.15) is 0 Å². The molecule has 7 nitrogen and oxygen atoms in total. The lowest BCUT2D eigenvalue weighted by Gasteiger charge is -2.31. The maximum absolute atomic E-state index is 13.2. The Morgan fingerprint density at radius 2 is 1.75 bits per heavy atom. The molecule has 0 atom stereocenters. The minimum Gasteiger partial charge on any atom is -0.369 e. The van der Waals surface area contributed by atoms with E-state index in [1.54, 1.807) is 23.1 Å². The van der Waals surface area contributed by atoms with Crippen molar-refractivity contribution in [3.8, 4) is 0 Å². The summed E-state index contributed by atoms with van der Waals surface area (Å²) in [5.41, 5.74) is 7.11. The van der Waals surface area contributed by atoms with Gasteiger partial charge in [0.05, 0.1) is 4.92 Å². The second kappa shape index (κ2) is 8.47. The zero-order chi connectivity index (χ0) is 20.1. The molecule has 0 radical (unpaired) electrons. The van der Waals surface area contributed by atoms with E-state index in [1.165, 1.54) is 12.1 Å².